The van der Waals surface area contributed by atoms with E-state index in [0.717, 1.165) is 6.54 Å². The lowest BCUT2D eigenvalue weighted by atomic mass is 9.96. The quantitative estimate of drug-likeness (QED) is 0.671. The summed E-state index contributed by atoms with van der Waals surface area (Å²) in [5.41, 5.74) is 5.60. The van der Waals surface area contributed by atoms with E-state index in [-0.39, 0.29) is 11.3 Å². The first kappa shape index (κ1) is 11.4. The SMILES string of the molecule is CC(N)C(=O)N(C)CC(C)(C)C. The largest absolute Gasteiger partial charge is 0.344 e. The molecule has 0 saturated carbocycles. The van der Waals surface area contributed by atoms with E-state index in [1.807, 2.05) is 0 Å². The highest BCUT2D eigenvalue weighted by atomic mass is 16.2. The van der Waals surface area contributed by atoms with Crippen molar-refractivity contribution in [1.82, 2.24) is 4.90 Å². The van der Waals surface area contributed by atoms with Gasteiger partial charge in [-0.25, -0.2) is 0 Å². The first-order valence-electron chi connectivity index (χ1n) is 4.24. The molecule has 0 heterocycles. The van der Waals surface area contributed by atoms with Crippen molar-refractivity contribution in [1.29, 1.82) is 0 Å². The van der Waals surface area contributed by atoms with Gasteiger partial charge in [-0.3, -0.25) is 4.79 Å². The number of rotatable bonds is 2. The smallest absolute Gasteiger partial charge is 0.238 e. The minimum Gasteiger partial charge on any atom is -0.344 e. The Labute approximate surface area is 74.9 Å². The van der Waals surface area contributed by atoms with Gasteiger partial charge in [0.2, 0.25) is 5.91 Å². The summed E-state index contributed by atoms with van der Waals surface area (Å²) in [5, 5.41) is 0. The maximum absolute atomic E-state index is 11.3. The standard InChI is InChI=1S/C9H20N2O/c1-7(10)8(12)11(5)6-9(2,3)4/h7H,6,10H2,1-5H3. The molecule has 3 nitrogen and oxygen atoms in total. The maximum atomic E-state index is 11.3. The highest BCUT2D eigenvalue weighted by Crippen LogP contribution is 2.14. The number of amides is 1. The predicted molar refractivity (Wildman–Crippen MR) is 50.7 cm³/mol. The van der Waals surface area contributed by atoms with Crippen LogP contribution in [0.4, 0.5) is 0 Å². The molecule has 0 aliphatic rings. The normalized spacial score (nSPS) is 14.2. The summed E-state index contributed by atoms with van der Waals surface area (Å²) >= 11 is 0. The van der Waals surface area contributed by atoms with Crippen molar-refractivity contribution in [3.8, 4) is 0 Å². The fourth-order valence-corrected chi connectivity index (χ4v) is 1.14. The average Bonchev–Trinajstić information content (AvgIpc) is 1.82. The number of nitrogens with two attached hydrogens (primary N) is 1. The summed E-state index contributed by atoms with van der Waals surface area (Å²) in [6.07, 6.45) is 0. The zero-order chi connectivity index (χ0) is 9.94. The van der Waals surface area contributed by atoms with Crippen LogP contribution in [0.15, 0.2) is 0 Å². The zero-order valence-electron chi connectivity index (χ0n) is 8.72. The Hall–Kier alpha value is -0.570. The highest BCUT2D eigenvalue weighted by Gasteiger charge is 2.19. The molecule has 2 N–H and O–H groups in total. The van der Waals surface area contributed by atoms with E-state index in [2.05, 4.69) is 20.8 Å². The van der Waals surface area contributed by atoms with E-state index < -0.39 is 6.04 Å². The molecular weight excluding hydrogens is 152 g/mol. The van der Waals surface area contributed by atoms with Crippen molar-refractivity contribution in [2.45, 2.75) is 33.7 Å². The van der Waals surface area contributed by atoms with E-state index in [1.54, 1.807) is 18.9 Å². The molecular formula is C9H20N2O. The Morgan fingerprint density at radius 2 is 1.92 bits per heavy atom. The summed E-state index contributed by atoms with van der Waals surface area (Å²) in [6, 6.07) is -0.391. The van der Waals surface area contributed by atoms with Gasteiger partial charge in [-0.15, -0.1) is 0 Å². The van der Waals surface area contributed by atoms with Crippen LogP contribution in [0, 0.1) is 5.41 Å². The maximum Gasteiger partial charge on any atom is 0.238 e. The summed E-state index contributed by atoms with van der Waals surface area (Å²) in [6.45, 7) is 8.74. The van der Waals surface area contributed by atoms with Gasteiger partial charge in [-0.05, 0) is 12.3 Å². The van der Waals surface area contributed by atoms with Gasteiger partial charge in [0.05, 0.1) is 6.04 Å². The fourth-order valence-electron chi connectivity index (χ4n) is 1.14. The molecule has 0 aliphatic carbocycles. The first-order chi connectivity index (χ1) is 5.24. The van der Waals surface area contributed by atoms with Crippen molar-refractivity contribution in [3.63, 3.8) is 0 Å². The van der Waals surface area contributed by atoms with Crippen molar-refractivity contribution >= 4 is 5.91 Å². The van der Waals surface area contributed by atoms with Crippen LogP contribution in [0.3, 0.4) is 0 Å². The lowest BCUT2D eigenvalue weighted by Crippen LogP contribution is -2.43. The Morgan fingerprint density at radius 1 is 1.50 bits per heavy atom. The molecule has 0 bridgehead atoms. The van der Waals surface area contributed by atoms with Gasteiger partial charge in [-0.1, -0.05) is 20.8 Å². The fraction of sp³-hybridized carbons (Fsp3) is 0.889. The Bertz CT molecular complexity index is 158. The molecule has 0 rings (SSSR count). The minimum atomic E-state index is -0.391. The lowest BCUT2D eigenvalue weighted by Gasteiger charge is -2.27. The monoisotopic (exact) mass is 172 g/mol. The highest BCUT2D eigenvalue weighted by molar-refractivity contribution is 5.80. The van der Waals surface area contributed by atoms with E-state index in [1.165, 1.54) is 0 Å². The summed E-state index contributed by atoms with van der Waals surface area (Å²) in [7, 11) is 1.79. The third-order valence-corrected chi connectivity index (χ3v) is 1.48. The molecule has 0 fully saturated rings. The number of carbonyl (C=O) groups excluding carboxylic acids is 1. The van der Waals surface area contributed by atoms with Gasteiger partial charge in [0, 0.05) is 13.6 Å². The van der Waals surface area contributed by atoms with Gasteiger partial charge < -0.3 is 10.6 Å². The summed E-state index contributed by atoms with van der Waals surface area (Å²) in [5.74, 6) is 0.00456. The molecule has 0 spiro atoms. The molecule has 1 amide bonds. The van der Waals surface area contributed by atoms with Gasteiger partial charge in [0.15, 0.2) is 0 Å². The molecule has 72 valence electrons. The Kier molecular flexibility index (Phi) is 3.71. The van der Waals surface area contributed by atoms with Crippen LogP contribution in [0.1, 0.15) is 27.7 Å². The molecule has 1 atom stereocenters. The van der Waals surface area contributed by atoms with E-state index >= 15 is 0 Å². The van der Waals surface area contributed by atoms with Crippen molar-refractivity contribution < 1.29 is 4.79 Å². The third-order valence-electron chi connectivity index (χ3n) is 1.48. The average molecular weight is 172 g/mol. The minimum absolute atomic E-state index is 0.00456. The second-order valence-corrected chi connectivity index (χ2v) is 4.54. The summed E-state index contributed by atoms with van der Waals surface area (Å²) in [4.78, 5) is 13.0. The molecule has 12 heavy (non-hydrogen) atoms. The van der Waals surface area contributed by atoms with Crippen LogP contribution in [0.5, 0.6) is 0 Å². The first-order valence-corrected chi connectivity index (χ1v) is 4.24. The molecule has 3 heteroatoms. The number of hydrogen-bond acceptors (Lipinski definition) is 2. The number of likely N-dealkylation sites (N-methyl/N-ethyl adjacent to an activating group) is 1. The molecule has 0 radical (unpaired) electrons. The molecule has 0 aromatic rings. The third kappa shape index (κ3) is 4.34. The second-order valence-electron chi connectivity index (χ2n) is 4.54. The van der Waals surface area contributed by atoms with Crippen molar-refractivity contribution in [2.24, 2.45) is 11.1 Å². The second kappa shape index (κ2) is 3.90. The molecule has 0 saturated heterocycles. The van der Waals surface area contributed by atoms with Crippen LogP contribution >= 0.6 is 0 Å². The van der Waals surface area contributed by atoms with Crippen LogP contribution < -0.4 is 5.73 Å². The van der Waals surface area contributed by atoms with E-state index in [0.29, 0.717) is 0 Å². The molecule has 0 aliphatic heterocycles. The van der Waals surface area contributed by atoms with Gasteiger partial charge in [0.1, 0.15) is 0 Å². The van der Waals surface area contributed by atoms with Crippen LogP contribution in [-0.2, 0) is 4.79 Å². The van der Waals surface area contributed by atoms with E-state index in [9.17, 15) is 4.79 Å². The number of nitrogens with zero attached hydrogens (tertiary/aromatic N) is 1. The predicted octanol–water partition coefficient (Wildman–Crippen LogP) is 0.838. The van der Waals surface area contributed by atoms with Gasteiger partial charge in [-0.2, -0.15) is 0 Å². The van der Waals surface area contributed by atoms with Gasteiger partial charge in [0.25, 0.3) is 0 Å². The number of hydrogen-bond donors (Lipinski definition) is 1. The lowest BCUT2D eigenvalue weighted by molar-refractivity contribution is -0.132. The Morgan fingerprint density at radius 3 is 2.17 bits per heavy atom. The van der Waals surface area contributed by atoms with Gasteiger partial charge >= 0.3 is 0 Å². The van der Waals surface area contributed by atoms with Crippen LogP contribution in [-0.4, -0.2) is 30.4 Å². The zero-order valence-corrected chi connectivity index (χ0v) is 8.72. The number of carbonyl (C=O) groups is 1. The van der Waals surface area contributed by atoms with Crippen LogP contribution in [0.2, 0.25) is 0 Å². The molecule has 1 unspecified atom stereocenters. The van der Waals surface area contributed by atoms with Crippen LogP contribution in [0.25, 0.3) is 0 Å². The molecule has 0 aromatic heterocycles. The van der Waals surface area contributed by atoms with Crippen molar-refractivity contribution in [2.75, 3.05) is 13.6 Å². The Balaban J connectivity index is 4.05. The topological polar surface area (TPSA) is 46.3 Å². The van der Waals surface area contributed by atoms with E-state index in [4.69, 9.17) is 5.73 Å². The van der Waals surface area contributed by atoms with Crippen molar-refractivity contribution in [3.05, 3.63) is 0 Å². The summed E-state index contributed by atoms with van der Waals surface area (Å²) < 4.78 is 0. The molecule has 0 aromatic carbocycles.